The van der Waals surface area contributed by atoms with E-state index in [1.807, 2.05) is 24.3 Å². The molecule has 0 bridgehead atoms. The van der Waals surface area contributed by atoms with Gasteiger partial charge in [-0.05, 0) is 29.0 Å². The van der Waals surface area contributed by atoms with Crippen LogP contribution < -0.4 is 10.1 Å². The summed E-state index contributed by atoms with van der Waals surface area (Å²) >= 11 is 0. The molecular weight excluding hydrogens is 270 g/mol. The zero-order chi connectivity index (χ0) is 15.1. The van der Waals surface area contributed by atoms with Gasteiger partial charge >= 0.3 is 0 Å². The lowest BCUT2D eigenvalue weighted by Crippen LogP contribution is -2.09. The van der Waals surface area contributed by atoms with Gasteiger partial charge in [0.05, 0.1) is 13.7 Å². The maximum absolute atomic E-state index is 11.7. The number of anilines is 1. The van der Waals surface area contributed by atoms with Crippen LogP contribution in [0.1, 0.15) is 5.56 Å². The second-order valence-electron chi connectivity index (χ2n) is 4.05. The topological polar surface area (TPSA) is 81.9 Å². The van der Waals surface area contributed by atoms with E-state index >= 15 is 0 Å². The van der Waals surface area contributed by atoms with Crippen molar-refractivity contribution in [3.05, 3.63) is 48.6 Å². The molecule has 0 saturated heterocycles. The molecule has 2 aromatic rings. The summed E-state index contributed by atoms with van der Waals surface area (Å²) in [6, 6.07) is 7.34. The molecule has 0 radical (unpaired) electrons. The van der Waals surface area contributed by atoms with E-state index in [4.69, 9.17) is 4.74 Å². The highest BCUT2D eigenvalue weighted by molar-refractivity contribution is 6.00. The molecule has 0 saturated carbocycles. The first-order valence-corrected chi connectivity index (χ1v) is 6.23. The largest absolute Gasteiger partial charge is 0.497 e. The maximum Gasteiger partial charge on any atom is 0.270 e. The van der Waals surface area contributed by atoms with E-state index in [9.17, 15) is 4.79 Å². The smallest absolute Gasteiger partial charge is 0.270 e. The molecule has 1 aromatic heterocycles. The Kier molecular flexibility index (Phi) is 4.81. The molecule has 0 aliphatic heterocycles. The van der Waals surface area contributed by atoms with Crippen molar-refractivity contribution >= 4 is 17.9 Å². The van der Waals surface area contributed by atoms with Gasteiger partial charge in [-0.3, -0.25) is 10.1 Å². The number of aromatic nitrogens is 4. The zero-order valence-electron chi connectivity index (χ0n) is 11.6. The van der Waals surface area contributed by atoms with E-state index in [0.717, 1.165) is 11.3 Å². The number of ether oxygens (including phenoxy) is 1. The number of hydrogen-bond donors (Lipinski definition) is 1. The quantitative estimate of drug-likeness (QED) is 0.642. The summed E-state index contributed by atoms with van der Waals surface area (Å²) in [5, 5.41) is 13.9. The van der Waals surface area contributed by atoms with E-state index in [-0.39, 0.29) is 11.9 Å². The van der Waals surface area contributed by atoms with Gasteiger partial charge in [-0.15, -0.1) is 11.7 Å². The van der Waals surface area contributed by atoms with Crippen LogP contribution in [0.15, 0.2) is 43.0 Å². The Hall–Kier alpha value is -2.96. The predicted octanol–water partition coefficient (Wildman–Crippen LogP) is 1.52. The van der Waals surface area contributed by atoms with Crippen molar-refractivity contribution in [1.29, 1.82) is 0 Å². The number of rotatable bonds is 6. The molecule has 108 valence electrons. The van der Waals surface area contributed by atoms with Crippen molar-refractivity contribution in [2.45, 2.75) is 6.54 Å². The second-order valence-corrected chi connectivity index (χ2v) is 4.05. The van der Waals surface area contributed by atoms with E-state index in [1.165, 1.54) is 10.9 Å². The van der Waals surface area contributed by atoms with E-state index < -0.39 is 0 Å². The monoisotopic (exact) mass is 285 g/mol. The molecule has 21 heavy (non-hydrogen) atoms. The van der Waals surface area contributed by atoms with Crippen LogP contribution in [0.4, 0.5) is 5.95 Å². The van der Waals surface area contributed by atoms with Gasteiger partial charge in [-0.2, -0.15) is 4.80 Å². The number of nitrogens with zero attached hydrogens (tertiary/aromatic N) is 4. The fourth-order valence-corrected chi connectivity index (χ4v) is 1.52. The van der Waals surface area contributed by atoms with Gasteiger partial charge in [0, 0.05) is 6.08 Å². The summed E-state index contributed by atoms with van der Waals surface area (Å²) in [5.74, 6) is 0.588. The Morgan fingerprint density at radius 1 is 1.43 bits per heavy atom. The molecule has 1 amide bonds. The number of hydrogen-bond acceptors (Lipinski definition) is 5. The molecule has 7 heteroatoms. The fourth-order valence-electron chi connectivity index (χ4n) is 1.52. The Bertz CT molecular complexity index is 646. The SMILES string of the molecule is C=CCn1nnc(NC(=O)/C=C/c2ccc(OC)cc2)n1. The molecule has 2 rings (SSSR count). The van der Waals surface area contributed by atoms with Crippen LogP contribution in [0.5, 0.6) is 5.75 Å². The first kappa shape index (κ1) is 14.4. The molecule has 0 spiro atoms. The average Bonchev–Trinajstić information content (AvgIpc) is 2.93. The number of carbonyl (C=O) groups excluding carboxylic acids is 1. The maximum atomic E-state index is 11.7. The minimum absolute atomic E-state index is 0.154. The van der Waals surface area contributed by atoms with E-state index in [1.54, 1.807) is 19.3 Å². The van der Waals surface area contributed by atoms with Gasteiger partial charge in [0.2, 0.25) is 0 Å². The standard InChI is InChI=1S/C14H15N5O2/c1-3-10-19-17-14(16-18-19)15-13(20)9-6-11-4-7-12(21-2)8-5-11/h3-9H,1,10H2,2H3,(H,15,17,20)/b9-6+. The molecular formula is C14H15N5O2. The summed E-state index contributed by atoms with van der Waals surface area (Å²) in [7, 11) is 1.60. The van der Waals surface area contributed by atoms with Crippen LogP contribution in [0.25, 0.3) is 6.08 Å². The summed E-state index contributed by atoms with van der Waals surface area (Å²) < 4.78 is 5.06. The highest BCUT2D eigenvalue weighted by Gasteiger charge is 2.04. The first-order valence-electron chi connectivity index (χ1n) is 6.23. The summed E-state index contributed by atoms with van der Waals surface area (Å²) in [4.78, 5) is 13.0. The Labute approximate surface area is 121 Å². The highest BCUT2D eigenvalue weighted by Crippen LogP contribution is 2.12. The van der Waals surface area contributed by atoms with Crippen LogP contribution in [0.2, 0.25) is 0 Å². The van der Waals surface area contributed by atoms with Crippen LogP contribution in [0.3, 0.4) is 0 Å². The molecule has 0 aliphatic rings. The predicted molar refractivity (Wildman–Crippen MR) is 78.7 cm³/mol. The molecule has 0 unspecified atom stereocenters. The molecule has 7 nitrogen and oxygen atoms in total. The van der Waals surface area contributed by atoms with Gasteiger partial charge in [0.25, 0.3) is 11.9 Å². The number of nitrogens with one attached hydrogen (secondary N) is 1. The van der Waals surface area contributed by atoms with Gasteiger partial charge in [0.1, 0.15) is 5.75 Å². The summed E-state index contributed by atoms with van der Waals surface area (Å²) in [5.41, 5.74) is 0.884. The third-order valence-electron chi connectivity index (χ3n) is 2.52. The van der Waals surface area contributed by atoms with Crippen molar-refractivity contribution < 1.29 is 9.53 Å². The van der Waals surface area contributed by atoms with E-state index in [0.29, 0.717) is 6.54 Å². The molecule has 0 atom stereocenters. The average molecular weight is 285 g/mol. The number of methoxy groups -OCH3 is 1. The Morgan fingerprint density at radius 2 is 2.19 bits per heavy atom. The second kappa shape index (κ2) is 6.99. The van der Waals surface area contributed by atoms with Crippen LogP contribution in [-0.4, -0.2) is 33.2 Å². The minimum Gasteiger partial charge on any atom is -0.497 e. The number of benzene rings is 1. The molecule has 0 fully saturated rings. The third-order valence-corrected chi connectivity index (χ3v) is 2.52. The molecule has 1 N–H and O–H groups in total. The Morgan fingerprint density at radius 3 is 2.86 bits per heavy atom. The number of allylic oxidation sites excluding steroid dienone is 1. The van der Waals surface area contributed by atoms with Crippen LogP contribution >= 0.6 is 0 Å². The summed E-state index contributed by atoms with van der Waals surface area (Å²) in [6.45, 7) is 4.00. The van der Waals surface area contributed by atoms with Gasteiger partial charge < -0.3 is 4.74 Å². The number of tetrazole rings is 1. The lowest BCUT2D eigenvalue weighted by atomic mass is 10.2. The van der Waals surface area contributed by atoms with E-state index in [2.05, 4.69) is 27.3 Å². The molecule has 1 aromatic carbocycles. The normalized spacial score (nSPS) is 10.5. The van der Waals surface area contributed by atoms with Crippen molar-refractivity contribution in [1.82, 2.24) is 20.2 Å². The van der Waals surface area contributed by atoms with Gasteiger partial charge in [-0.25, -0.2) is 0 Å². The number of amides is 1. The lowest BCUT2D eigenvalue weighted by Gasteiger charge is -1.99. The zero-order valence-corrected chi connectivity index (χ0v) is 11.6. The van der Waals surface area contributed by atoms with Crippen molar-refractivity contribution in [2.24, 2.45) is 0 Å². The van der Waals surface area contributed by atoms with Crippen LogP contribution in [0, 0.1) is 0 Å². The molecule has 0 aliphatic carbocycles. The Balaban J connectivity index is 1.93. The highest BCUT2D eigenvalue weighted by atomic mass is 16.5. The molecule has 1 heterocycles. The number of carbonyl (C=O) groups is 1. The van der Waals surface area contributed by atoms with Crippen molar-refractivity contribution in [3.63, 3.8) is 0 Å². The fraction of sp³-hybridized carbons (Fsp3) is 0.143. The summed E-state index contributed by atoms with van der Waals surface area (Å²) in [6.07, 6.45) is 4.72. The van der Waals surface area contributed by atoms with Crippen LogP contribution in [-0.2, 0) is 11.3 Å². The van der Waals surface area contributed by atoms with Crippen molar-refractivity contribution in [2.75, 3.05) is 12.4 Å². The third kappa shape index (κ3) is 4.27. The van der Waals surface area contributed by atoms with Gasteiger partial charge in [-0.1, -0.05) is 23.3 Å². The lowest BCUT2D eigenvalue weighted by molar-refractivity contribution is -0.111. The van der Waals surface area contributed by atoms with Gasteiger partial charge in [0.15, 0.2) is 0 Å². The van der Waals surface area contributed by atoms with Crippen molar-refractivity contribution in [3.8, 4) is 5.75 Å². The minimum atomic E-state index is -0.330. The first-order chi connectivity index (χ1) is 10.2.